The van der Waals surface area contributed by atoms with Crippen LogP contribution in [0.4, 0.5) is 4.79 Å². The van der Waals surface area contributed by atoms with Crippen molar-refractivity contribution in [2.75, 3.05) is 13.7 Å². The van der Waals surface area contributed by atoms with Gasteiger partial charge in [0.25, 0.3) is 11.1 Å². The van der Waals surface area contributed by atoms with Crippen molar-refractivity contribution >= 4 is 60.8 Å². The number of carbonyl (C=O) groups excluding carboxylic acids is 2. The van der Waals surface area contributed by atoms with Crippen LogP contribution in [-0.4, -0.2) is 29.7 Å². The normalized spacial score (nSPS) is 17.2. The molecule has 20 heavy (non-hydrogen) atoms. The maximum atomic E-state index is 12.1. The van der Waals surface area contributed by atoms with Crippen molar-refractivity contribution in [3.05, 3.63) is 31.5 Å². The summed E-state index contributed by atoms with van der Waals surface area (Å²) in [4.78, 5) is 25.4. The predicted molar refractivity (Wildman–Crippen MR) is 86.7 cm³/mol. The van der Waals surface area contributed by atoms with Gasteiger partial charge in [0.1, 0.15) is 5.75 Å². The number of hydrogen-bond donors (Lipinski definition) is 0. The summed E-state index contributed by atoms with van der Waals surface area (Å²) in [6.45, 7) is 2.15. The van der Waals surface area contributed by atoms with Gasteiger partial charge in [-0.25, -0.2) is 0 Å². The molecule has 0 aliphatic carbocycles. The number of ether oxygens (including phenoxy) is 1. The van der Waals surface area contributed by atoms with Crippen LogP contribution in [0, 0.1) is 0 Å². The Labute approximate surface area is 137 Å². The van der Waals surface area contributed by atoms with Crippen LogP contribution in [0.15, 0.2) is 26.0 Å². The molecule has 0 radical (unpaired) electrons. The average Bonchev–Trinajstić information content (AvgIpc) is 2.63. The van der Waals surface area contributed by atoms with E-state index in [1.165, 1.54) is 4.90 Å². The van der Waals surface area contributed by atoms with E-state index in [0.29, 0.717) is 17.2 Å². The number of nitrogens with zero attached hydrogens (tertiary/aromatic N) is 1. The highest BCUT2D eigenvalue weighted by atomic mass is 79.9. The third-order valence-electron chi connectivity index (χ3n) is 2.72. The van der Waals surface area contributed by atoms with Crippen molar-refractivity contribution in [3.8, 4) is 5.75 Å². The summed E-state index contributed by atoms with van der Waals surface area (Å²) in [5.74, 6) is 0.358. The summed E-state index contributed by atoms with van der Waals surface area (Å²) in [6, 6.07) is 3.69. The summed E-state index contributed by atoms with van der Waals surface area (Å²) in [7, 11) is 1.56. The predicted octanol–water partition coefficient (Wildman–Crippen LogP) is 4.28. The van der Waals surface area contributed by atoms with Crippen LogP contribution >= 0.6 is 43.6 Å². The molecule has 0 unspecified atom stereocenters. The number of hydrogen-bond acceptors (Lipinski definition) is 4. The first-order chi connectivity index (χ1) is 9.47. The van der Waals surface area contributed by atoms with Gasteiger partial charge in [-0.3, -0.25) is 14.5 Å². The second-order valence-corrected chi connectivity index (χ2v) is 6.70. The maximum absolute atomic E-state index is 12.1. The minimum atomic E-state index is -0.263. The molecule has 1 aliphatic heterocycles. The monoisotopic (exact) mass is 419 g/mol. The number of thioether (sulfide) groups is 1. The summed E-state index contributed by atoms with van der Waals surface area (Å²) in [5.41, 5.74) is 0.732. The Kier molecular flexibility index (Phi) is 4.93. The van der Waals surface area contributed by atoms with Crippen LogP contribution in [0.2, 0.25) is 0 Å². The van der Waals surface area contributed by atoms with Gasteiger partial charge in [-0.15, -0.1) is 0 Å². The van der Waals surface area contributed by atoms with Gasteiger partial charge in [-0.2, -0.15) is 0 Å². The lowest BCUT2D eigenvalue weighted by Crippen LogP contribution is -2.27. The largest absolute Gasteiger partial charge is 0.495 e. The Balaban J connectivity index is 2.46. The lowest BCUT2D eigenvalue weighted by atomic mass is 10.2. The second-order valence-electron chi connectivity index (χ2n) is 3.94. The molecule has 2 rings (SSSR count). The van der Waals surface area contributed by atoms with Crippen LogP contribution in [0.1, 0.15) is 12.5 Å². The number of halogens is 2. The molecule has 1 saturated heterocycles. The number of amides is 2. The molecule has 1 aromatic rings. The summed E-state index contributed by atoms with van der Waals surface area (Å²) in [5, 5.41) is -0.239. The Morgan fingerprint density at radius 1 is 1.35 bits per heavy atom. The number of likely N-dealkylation sites (N-methyl/N-ethyl adjacent to an activating group) is 1. The molecule has 1 aliphatic rings. The highest BCUT2D eigenvalue weighted by Gasteiger charge is 2.33. The fraction of sp³-hybridized carbons (Fsp3) is 0.231. The van der Waals surface area contributed by atoms with Crippen molar-refractivity contribution in [2.45, 2.75) is 6.92 Å². The van der Waals surface area contributed by atoms with E-state index in [2.05, 4.69) is 31.9 Å². The Morgan fingerprint density at radius 3 is 2.60 bits per heavy atom. The van der Waals surface area contributed by atoms with Gasteiger partial charge >= 0.3 is 0 Å². The Morgan fingerprint density at radius 2 is 2.05 bits per heavy atom. The van der Waals surface area contributed by atoms with Crippen LogP contribution in [0.5, 0.6) is 5.75 Å². The number of imide groups is 1. The molecule has 0 N–H and O–H groups in total. The van der Waals surface area contributed by atoms with Crippen LogP contribution in [0.25, 0.3) is 6.08 Å². The highest BCUT2D eigenvalue weighted by Crippen LogP contribution is 2.37. The average molecular weight is 421 g/mol. The molecule has 2 amide bonds. The molecule has 0 saturated carbocycles. The molecule has 1 heterocycles. The van der Waals surface area contributed by atoms with Gasteiger partial charge in [-0.05, 0) is 52.8 Å². The molecular formula is C13H11Br2NO3S. The molecule has 0 atom stereocenters. The lowest BCUT2D eigenvalue weighted by molar-refractivity contribution is -0.122. The number of rotatable bonds is 3. The van der Waals surface area contributed by atoms with Crippen LogP contribution in [0.3, 0.4) is 0 Å². The van der Waals surface area contributed by atoms with Crippen LogP contribution in [-0.2, 0) is 4.79 Å². The van der Waals surface area contributed by atoms with Crippen molar-refractivity contribution in [2.24, 2.45) is 0 Å². The molecule has 1 aromatic carbocycles. The molecule has 1 fully saturated rings. The van der Waals surface area contributed by atoms with Gasteiger partial charge in [0, 0.05) is 16.6 Å². The van der Waals surface area contributed by atoms with Crippen molar-refractivity contribution in [1.29, 1.82) is 0 Å². The van der Waals surface area contributed by atoms with E-state index in [-0.39, 0.29) is 11.1 Å². The summed E-state index contributed by atoms with van der Waals surface area (Å²) >= 11 is 7.75. The van der Waals surface area contributed by atoms with Gasteiger partial charge in [0.05, 0.1) is 16.5 Å². The van der Waals surface area contributed by atoms with E-state index in [1.807, 2.05) is 12.1 Å². The molecule has 0 bridgehead atoms. The molecule has 106 valence electrons. The fourth-order valence-corrected chi connectivity index (χ4v) is 4.13. The molecular weight excluding hydrogens is 410 g/mol. The zero-order chi connectivity index (χ0) is 14.9. The first-order valence-electron chi connectivity index (χ1n) is 5.76. The SMILES string of the molecule is CCN1C(=O)S/C(=C/c2cc(Br)cc(Br)c2OC)C1=O. The summed E-state index contributed by atoms with van der Waals surface area (Å²) < 4.78 is 6.95. The first kappa shape index (κ1) is 15.6. The van der Waals surface area contributed by atoms with Gasteiger partial charge in [0.2, 0.25) is 0 Å². The van der Waals surface area contributed by atoms with E-state index in [0.717, 1.165) is 26.3 Å². The summed E-state index contributed by atoms with van der Waals surface area (Å²) in [6.07, 6.45) is 1.68. The number of benzene rings is 1. The molecule has 7 heteroatoms. The first-order valence-corrected chi connectivity index (χ1v) is 8.16. The topological polar surface area (TPSA) is 46.6 Å². The van der Waals surface area contributed by atoms with E-state index in [4.69, 9.17) is 4.74 Å². The van der Waals surface area contributed by atoms with E-state index in [9.17, 15) is 9.59 Å². The second kappa shape index (κ2) is 6.32. The highest BCUT2D eigenvalue weighted by molar-refractivity contribution is 9.11. The molecule has 0 aromatic heterocycles. The molecule has 4 nitrogen and oxygen atoms in total. The zero-order valence-corrected chi connectivity index (χ0v) is 14.8. The lowest BCUT2D eigenvalue weighted by Gasteiger charge is -2.09. The van der Waals surface area contributed by atoms with Crippen LogP contribution < -0.4 is 4.74 Å². The number of methoxy groups -OCH3 is 1. The van der Waals surface area contributed by atoms with Crippen molar-refractivity contribution in [3.63, 3.8) is 0 Å². The van der Waals surface area contributed by atoms with E-state index in [1.54, 1.807) is 20.1 Å². The third kappa shape index (κ3) is 2.94. The smallest absolute Gasteiger partial charge is 0.293 e. The minimum Gasteiger partial charge on any atom is -0.495 e. The van der Waals surface area contributed by atoms with E-state index < -0.39 is 0 Å². The Bertz CT molecular complexity index is 616. The van der Waals surface area contributed by atoms with Crippen molar-refractivity contribution < 1.29 is 14.3 Å². The fourth-order valence-electron chi connectivity index (χ4n) is 1.82. The van der Waals surface area contributed by atoms with Gasteiger partial charge in [0.15, 0.2) is 0 Å². The van der Waals surface area contributed by atoms with E-state index >= 15 is 0 Å². The van der Waals surface area contributed by atoms with Gasteiger partial charge in [-0.1, -0.05) is 15.9 Å². The quantitative estimate of drug-likeness (QED) is 0.684. The maximum Gasteiger partial charge on any atom is 0.293 e. The standard InChI is InChI=1S/C13H11Br2NO3S/c1-3-16-12(17)10(20-13(16)18)5-7-4-8(14)6-9(15)11(7)19-2/h4-6H,3H2,1-2H3/b10-5+. The zero-order valence-electron chi connectivity index (χ0n) is 10.8. The Hall–Kier alpha value is -0.790. The van der Waals surface area contributed by atoms with Gasteiger partial charge < -0.3 is 4.74 Å². The minimum absolute atomic E-state index is 0.239. The number of carbonyl (C=O) groups is 2. The third-order valence-corrected chi connectivity index (χ3v) is 4.67. The molecule has 0 spiro atoms. The van der Waals surface area contributed by atoms with Crippen molar-refractivity contribution in [1.82, 2.24) is 4.90 Å².